The van der Waals surface area contributed by atoms with Gasteiger partial charge >= 0.3 is 6.03 Å². The molecule has 0 unspecified atom stereocenters. The van der Waals surface area contributed by atoms with Crippen molar-refractivity contribution < 1.29 is 9.53 Å². The quantitative estimate of drug-likeness (QED) is 0.842. The Balaban J connectivity index is 1.98. The second-order valence-electron chi connectivity index (χ2n) is 4.64. The van der Waals surface area contributed by atoms with Crippen molar-refractivity contribution in [3.63, 3.8) is 0 Å². The van der Waals surface area contributed by atoms with Crippen molar-refractivity contribution in [2.75, 3.05) is 38.6 Å². The zero-order chi connectivity index (χ0) is 13.7. The number of benzene rings is 1. The van der Waals surface area contributed by atoms with Gasteiger partial charge in [0.1, 0.15) is 0 Å². The molecule has 0 aromatic heterocycles. The molecule has 1 saturated heterocycles. The maximum absolute atomic E-state index is 12.4. The number of anilines is 1. The van der Waals surface area contributed by atoms with Crippen LogP contribution in [0.1, 0.15) is 12.5 Å². The van der Waals surface area contributed by atoms with Crippen LogP contribution in [-0.4, -0.2) is 48.7 Å². The van der Waals surface area contributed by atoms with Gasteiger partial charge in [0.05, 0.1) is 13.2 Å². The van der Waals surface area contributed by atoms with Crippen LogP contribution in [0.2, 0.25) is 0 Å². The number of morpholine rings is 1. The number of ether oxygens (including phenoxy) is 1. The zero-order valence-corrected chi connectivity index (χ0v) is 11.3. The van der Waals surface area contributed by atoms with Crippen LogP contribution in [0.5, 0.6) is 0 Å². The Kier molecular flexibility index (Phi) is 4.63. The summed E-state index contributed by atoms with van der Waals surface area (Å²) in [5.41, 5.74) is 7.50. The molecule has 1 heterocycles. The number of carbonyl (C=O) groups excluding carboxylic acids is 1. The maximum Gasteiger partial charge on any atom is 0.320 e. The van der Waals surface area contributed by atoms with Crippen LogP contribution in [0.25, 0.3) is 0 Å². The summed E-state index contributed by atoms with van der Waals surface area (Å²) in [5, 5.41) is 0. The van der Waals surface area contributed by atoms with Gasteiger partial charge in [-0.2, -0.15) is 0 Å². The Morgan fingerprint density at radius 1 is 1.32 bits per heavy atom. The number of nitrogens with zero attached hydrogens (tertiary/aromatic N) is 2. The molecule has 2 amide bonds. The van der Waals surface area contributed by atoms with Crippen LogP contribution in [0.3, 0.4) is 0 Å². The smallest absolute Gasteiger partial charge is 0.320 e. The van der Waals surface area contributed by atoms with E-state index >= 15 is 0 Å². The molecule has 2 N–H and O–H groups in total. The number of hydrogen-bond acceptors (Lipinski definition) is 3. The molecular formula is C14H21N3O2. The molecule has 0 bridgehead atoms. The van der Waals surface area contributed by atoms with Gasteiger partial charge < -0.3 is 20.3 Å². The fourth-order valence-electron chi connectivity index (χ4n) is 2.11. The van der Waals surface area contributed by atoms with E-state index in [1.54, 1.807) is 0 Å². The summed E-state index contributed by atoms with van der Waals surface area (Å²) in [6.45, 7) is 5.92. The largest absolute Gasteiger partial charge is 0.399 e. The lowest BCUT2D eigenvalue weighted by atomic mass is 10.2. The molecule has 19 heavy (non-hydrogen) atoms. The molecule has 0 atom stereocenters. The fraction of sp³-hybridized carbons (Fsp3) is 0.500. The summed E-state index contributed by atoms with van der Waals surface area (Å²) < 4.78 is 5.27. The van der Waals surface area contributed by atoms with E-state index in [2.05, 4.69) is 0 Å². The maximum atomic E-state index is 12.4. The number of nitrogen functional groups attached to an aromatic ring is 1. The van der Waals surface area contributed by atoms with Gasteiger partial charge in [0.2, 0.25) is 0 Å². The molecule has 5 nitrogen and oxygen atoms in total. The average Bonchev–Trinajstić information content (AvgIpc) is 2.47. The van der Waals surface area contributed by atoms with Crippen molar-refractivity contribution in [3.8, 4) is 0 Å². The molecule has 1 aromatic carbocycles. The van der Waals surface area contributed by atoms with E-state index < -0.39 is 0 Å². The summed E-state index contributed by atoms with van der Waals surface area (Å²) in [6.07, 6.45) is 0. The van der Waals surface area contributed by atoms with Crippen LogP contribution in [0, 0.1) is 0 Å². The third-order valence-corrected chi connectivity index (χ3v) is 3.29. The van der Waals surface area contributed by atoms with Gasteiger partial charge in [-0.25, -0.2) is 4.79 Å². The van der Waals surface area contributed by atoms with E-state index in [1.165, 1.54) is 0 Å². The Morgan fingerprint density at radius 3 is 2.53 bits per heavy atom. The van der Waals surface area contributed by atoms with Crippen molar-refractivity contribution in [1.29, 1.82) is 0 Å². The third kappa shape index (κ3) is 3.61. The Hall–Kier alpha value is -1.75. The number of nitrogens with two attached hydrogens (primary N) is 1. The van der Waals surface area contributed by atoms with E-state index in [-0.39, 0.29) is 6.03 Å². The number of rotatable bonds is 3. The standard InChI is InChI=1S/C14H21N3O2/c1-2-16(11-12-3-5-13(15)6-4-12)14(18)17-7-9-19-10-8-17/h3-6H,2,7-11,15H2,1H3. The molecule has 0 aliphatic carbocycles. The van der Waals surface area contributed by atoms with E-state index in [4.69, 9.17) is 10.5 Å². The van der Waals surface area contributed by atoms with Crippen molar-refractivity contribution in [3.05, 3.63) is 29.8 Å². The molecule has 2 rings (SSSR count). The normalized spacial score (nSPS) is 15.3. The van der Waals surface area contributed by atoms with Gasteiger partial charge in [-0.05, 0) is 24.6 Å². The highest BCUT2D eigenvalue weighted by atomic mass is 16.5. The van der Waals surface area contributed by atoms with Crippen LogP contribution in [0.4, 0.5) is 10.5 Å². The minimum atomic E-state index is 0.0858. The first kappa shape index (κ1) is 13.7. The van der Waals surface area contributed by atoms with Crippen LogP contribution in [0.15, 0.2) is 24.3 Å². The molecule has 0 spiro atoms. The summed E-state index contributed by atoms with van der Waals surface area (Å²) >= 11 is 0. The van der Waals surface area contributed by atoms with E-state index in [0.29, 0.717) is 39.4 Å². The van der Waals surface area contributed by atoms with Crippen molar-refractivity contribution in [1.82, 2.24) is 9.80 Å². The van der Waals surface area contributed by atoms with E-state index in [0.717, 1.165) is 11.3 Å². The van der Waals surface area contributed by atoms with Crippen LogP contribution >= 0.6 is 0 Å². The van der Waals surface area contributed by atoms with E-state index in [1.807, 2.05) is 41.0 Å². The van der Waals surface area contributed by atoms with Crippen molar-refractivity contribution >= 4 is 11.7 Å². The SMILES string of the molecule is CCN(Cc1ccc(N)cc1)C(=O)N1CCOCC1. The molecule has 5 heteroatoms. The number of amides is 2. The van der Waals surface area contributed by atoms with Gasteiger partial charge in [0.15, 0.2) is 0 Å². The monoisotopic (exact) mass is 263 g/mol. The minimum absolute atomic E-state index is 0.0858. The fourth-order valence-corrected chi connectivity index (χ4v) is 2.11. The number of carbonyl (C=O) groups is 1. The summed E-state index contributed by atoms with van der Waals surface area (Å²) in [4.78, 5) is 16.1. The highest BCUT2D eigenvalue weighted by Crippen LogP contribution is 2.11. The van der Waals surface area contributed by atoms with Crippen LogP contribution < -0.4 is 5.73 Å². The highest BCUT2D eigenvalue weighted by Gasteiger charge is 2.21. The first-order valence-corrected chi connectivity index (χ1v) is 6.66. The summed E-state index contributed by atoms with van der Waals surface area (Å²) in [7, 11) is 0. The molecule has 1 aliphatic heterocycles. The van der Waals surface area contributed by atoms with Gasteiger partial charge in [-0.15, -0.1) is 0 Å². The summed E-state index contributed by atoms with van der Waals surface area (Å²) in [5.74, 6) is 0. The van der Waals surface area contributed by atoms with Gasteiger partial charge in [0.25, 0.3) is 0 Å². The molecular weight excluding hydrogens is 242 g/mol. The Labute approximate surface area is 113 Å². The minimum Gasteiger partial charge on any atom is -0.399 e. The van der Waals surface area contributed by atoms with Gasteiger partial charge in [-0.3, -0.25) is 0 Å². The lowest BCUT2D eigenvalue weighted by molar-refractivity contribution is 0.0431. The Bertz CT molecular complexity index is 413. The molecule has 0 radical (unpaired) electrons. The van der Waals surface area contributed by atoms with Crippen LogP contribution in [-0.2, 0) is 11.3 Å². The summed E-state index contributed by atoms with van der Waals surface area (Å²) in [6, 6.07) is 7.74. The molecule has 1 aliphatic rings. The lowest BCUT2D eigenvalue weighted by Crippen LogP contribution is -2.47. The lowest BCUT2D eigenvalue weighted by Gasteiger charge is -2.32. The topological polar surface area (TPSA) is 58.8 Å². The average molecular weight is 263 g/mol. The molecule has 104 valence electrons. The second kappa shape index (κ2) is 6.43. The molecule has 1 aromatic rings. The predicted molar refractivity (Wildman–Crippen MR) is 74.7 cm³/mol. The molecule has 0 saturated carbocycles. The third-order valence-electron chi connectivity index (χ3n) is 3.29. The zero-order valence-electron chi connectivity index (χ0n) is 11.3. The van der Waals surface area contributed by atoms with Crippen molar-refractivity contribution in [2.24, 2.45) is 0 Å². The predicted octanol–water partition coefficient (Wildman–Crippen LogP) is 1.54. The van der Waals surface area contributed by atoms with Gasteiger partial charge in [-0.1, -0.05) is 12.1 Å². The number of urea groups is 1. The van der Waals surface area contributed by atoms with Gasteiger partial charge in [0, 0.05) is 31.9 Å². The number of hydrogen-bond donors (Lipinski definition) is 1. The second-order valence-corrected chi connectivity index (χ2v) is 4.64. The van der Waals surface area contributed by atoms with Crippen molar-refractivity contribution in [2.45, 2.75) is 13.5 Å². The van der Waals surface area contributed by atoms with E-state index in [9.17, 15) is 4.79 Å². The molecule has 1 fully saturated rings. The first-order chi connectivity index (χ1) is 9.20. The highest BCUT2D eigenvalue weighted by molar-refractivity contribution is 5.74. The first-order valence-electron chi connectivity index (χ1n) is 6.66. The Morgan fingerprint density at radius 2 is 1.95 bits per heavy atom.